The van der Waals surface area contributed by atoms with E-state index >= 15 is 0 Å². The van der Waals surface area contributed by atoms with Crippen LogP contribution in [-0.2, 0) is 28.6 Å². The SMILES string of the molecule is CCC(C)(C)C(=O)OCC(=O)OC1C2OC(=O)C3CC1C(C)(C)C32. The third-order valence-corrected chi connectivity index (χ3v) is 6.41. The standard InChI is InChI=1S/C18H26O6/c1-6-17(2,3)16(21)22-8-11(19)23-13-10-7-9-12(18(10,4)5)14(13)24-15(9)20/h9-10,12-14H,6-8H2,1-5H3. The molecule has 2 bridgehead atoms. The van der Waals surface area contributed by atoms with Gasteiger partial charge in [0.05, 0.1) is 11.3 Å². The van der Waals surface area contributed by atoms with E-state index in [2.05, 4.69) is 13.8 Å². The molecule has 134 valence electrons. The number of ether oxygens (including phenoxy) is 3. The highest BCUT2D eigenvalue weighted by atomic mass is 16.6. The van der Waals surface area contributed by atoms with Gasteiger partial charge in [-0.05, 0) is 32.1 Å². The first-order valence-corrected chi connectivity index (χ1v) is 8.66. The topological polar surface area (TPSA) is 78.9 Å². The zero-order chi connectivity index (χ0) is 17.9. The van der Waals surface area contributed by atoms with Crippen LogP contribution in [0.1, 0.15) is 47.5 Å². The average molecular weight is 338 g/mol. The number of carbonyl (C=O) groups excluding carboxylic acids is 3. The van der Waals surface area contributed by atoms with Crippen LogP contribution >= 0.6 is 0 Å². The van der Waals surface area contributed by atoms with E-state index in [1.165, 1.54) is 0 Å². The van der Waals surface area contributed by atoms with Crippen LogP contribution in [0.4, 0.5) is 0 Å². The molecule has 3 rings (SSSR count). The Hall–Kier alpha value is -1.59. The first kappa shape index (κ1) is 17.2. The first-order chi connectivity index (χ1) is 11.1. The average Bonchev–Trinajstić information content (AvgIpc) is 3.00. The predicted octanol–water partition coefficient (Wildman–Crippen LogP) is 2.10. The van der Waals surface area contributed by atoms with E-state index < -0.39 is 30.1 Å². The molecule has 6 nitrogen and oxygen atoms in total. The minimum absolute atomic E-state index is 0.0619. The second-order valence-corrected chi connectivity index (χ2v) is 8.47. The van der Waals surface area contributed by atoms with Gasteiger partial charge in [-0.1, -0.05) is 20.8 Å². The van der Waals surface area contributed by atoms with Crippen LogP contribution in [0.3, 0.4) is 0 Å². The summed E-state index contributed by atoms with van der Waals surface area (Å²) in [6.45, 7) is 9.25. The van der Waals surface area contributed by atoms with Gasteiger partial charge in [-0.25, -0.2) is 4.79 Å². The van der Waals surface area contributed by atoms with Gasteiger partial charge in [-0.2, -0.15) is 0 Å². The van der Waals surface area contributed by atoms with Crippen LogP contribution in [-0.4, -0.2) is 36.7 Å². The smallest absolute Gasteiger partial charge is 0.344 e. The summed E-state index contributed by atoms with van der Waals surface area (Å²) in [7, 11) is 0. The van der Waals surface area contributed by atoms with E-state index in [1.54, 1.807) is 13.8 Å². The van der Waals surface area contributed by atoms with Crippen molar-refractivity contribution in [3.05, 3.63) is 0 Å². The Bertz CT molecular complexity index is 578. The van der Waals surface area contributed by atoms with Crippen molar-refractivity contribution in [3.8, 4) is 0 Å². The third kappa shape index (κ3) is 2.42. The molecule has 3 aliphatic rings. The largest absolute Gasteiger partial charge is 0.458 e. The van der Waals surface area contributed by atoms with Crippen molar-refractivity contribution in [2.45, 2.75) is 59.7 Å². The Kier molecular flexibility index (Phi) is 3.92. The monoisotopic (exact) mass is 338 g/mol. The van der Waals surface area contributed by atoms with Gasteiger partial charge < -0.3 is 14.2 Å². The highest BCUT2D eigenvalue weighted by Crippen LogP contribution is 2.65. The van der Waals surface area contributed by atoms with Crippen LogP contribution in [0.15, 0.2) is 0 Å². The molecule has 0 aromatic carbocycles. The molecule has 0 aromatic heterocycles. The molecule has 5 atom stereocenters. The second-order valence-electron chi connectivity index (χ2n) is 8.47. The lowest BCUT2D eigenvalue weighted by atomic mass is 9.80. The van der Waals surface area contributed by atoms with E-state index in [0.717, 1.165) is 0 Å². The van der Waals surface area contributed by atoms with E-state index in [4.69, 9.17) is 14.2 Å². The molecular weight excluding hydrogens is 312 g/mol. The summed E-state index contributed by atoms with van der Waals surface area (Å²) in [6, 6.07) is 0. The van der Waals surface area contributed by atoms with Crippen LogP contribution < -0.4 is 0 Å². The van der Waals surface area contributed by atoms with Gasteiger partial charge in [0.25, 0.3) is 0 Å². The number of hydrogen-bond acceptors (Lipinski definition) is 6. The maximum Gasteiger partial charge on any atom is 0.344 e. The summed E-state index contributed by atoms with van der Waals surface area (Å²) >= 11 is 0. The highest BCUT2D eigenvalue weighted by molar-refractivity contribution is 5.80. The molecule has 2 aliphatic carbocycles. The normalized spacial score (nSPS) is 35.7. The Labute approximate surface area is 142 Å². The van der Waals surface area contributed by atoms with Gasteiger partial charge in [0.15, 0.2) is 6.61 Å². The number of esters is 3. The molecule has 0 spiro atoms. The van der Waals surface area contributed by atoms with Gasteiger partial charge in [0, 0.05) is 11.8 Å². The fourth-order valence-electron chi connectivity index (χ4n) is 4.54. The van der Waals surface area contributed by atoms with Gasteiger partial charge >= 0.3 is 17.9 Å². The number of rotatable bonds is 5. The zero-order valence-corrected chi connectivity index (χ0v) is 15.0. The first-order valence-electron chi connectivity index (χ1n) is 8.66. The highest BCUT2D eigenvalue weighted by Gasteiger charge is 2.71. The maximum atomic E-state index is 12.1. The molecule has 0 amide bonds. The summed E-state index contributed by atoms with van der Waals surface area (Å²) in [4.78, 5) is 36.0. The maximum absolute atomic E-state index is 12.1. The molecule has 1 heterocycles. The molecule has 24 heavy (non-hydrogen) atoms. The van der Waals surface area contributed by atoms with Crippen LogP contribution in [0, 0.1) is 28.6 Å². The minimum Gasteiger partial charge on any atom is -0.458 e. The molecule has 5 unspecified atom stereocenters. The Morgan fingerprint density at radius 3 is 2.62 bits per heavy atom. The van der Waals surface area contributed by atoms with E-state index in [-0.39, 0.29) is 35.2 Å². The van der Waals surface area contributed by atoms with Gasteiger partial charge in [0.1, 0.15) is 12.2 Å². The van der Waals surface area contributed by atoms with E-state index in [9.17, 15) is 14.4 Å². The van der Waals surface area contributed by atoms with Crippen LogP contribution in [0.25, 0.3) is 0 Å². The van der Waals surface area contributed by atoms with Gasteiger partial charge in [-0.15, -0.1) is 0 Å². The fourth-order valence-corrected chi connectivity index (χ4v) is 4.54. The molecule has 2 saturated carbocycles. The van der Waals surface area contributed by atoms with Crippen molar-refractivity contribution in [2.75, 3.05) is 6.61 Å². The van der Waals surface area contributed by atoms with Crippen molar-refractivity contribution < 1.29 is 28.6 Å². The number of fused-ring (bicyclic) bond motifs is 1. The fraction of sp³-hybridized carbons (Fsp3) is 0.833. The molecule has 6 heteroatoms. The molecule has 0 radical (unpaired) electrons. The minimum atomic E-state index is -0.622. The quantitative estimate of drug-likeness (QED) is 0.564. The molecule has 0 aromatic rings. The Morgan fingerprint density at radius 2 is 2.00 bits per heavy atom. The Balaban J connectivity index is 1.60. The summed E-state index contributed by atoms with van der Waals surface area (Å²) in [5, 5.41) is 0. The van der Waals surface area contributed by atoms with Crippen molar-refractivity contribution in [1.82, 2.24) is 0 Å². The lowest BCUT2D eigenvalue weighted by Crippen LogP contribution is -2.37. The van der Waals surface area contributed by atoms with E-state index in [0.29, 0.717) is 12.8 Å². The van der Waals surface area contributed by atoms with Crippen molar-refractivity contribution in [3.63, 3.8) is 0 Å². The summed E-state index contributed by atoms with van der Waals surface area (Å²) in [5.74, 6) is -1.01. The summed E-state index contributed by atoms with van der Waals surface area (Å²) in [5.41, 5.74) is -0.712. The van der Waals surface area contributed by atoms with Crippen molar-refractivity contribution in [2.24, 2.45) is 28.6 Å². The van der Waals surface area contributed by atoms with E-state index in [1.807, 2.05) is 6.92 Å². The lowest BCUT2D eigenvalue weighted by Gasteiger charge is -2.26. The van der Waals surface area contributed by atoms with Crippen LogP contribution in [0.5, 0.6) is 0 Å². The molecule has 0 N–H and O–H groups in total. The lowest BCUT2D eigenvalue weighted by molar-refractivity contribution is -0.173. The van der Waals surface area contributed by atoms with Crippen molar-refractivity contribution >= 4 is 17.9 Å². The van der Waals surface area contributed by atoms with Crippen molar-refractivity contribution in [1.29, 1.82) is 0 Å². The summed E-state index contributed by atoms with van der Waals surface area (Å²) < 4.78 is 16.1. The zero-order valence-electron chi connectivity index (χ0n) is 15.0. The molecule has 1 saturated heterocycles. The summed E-state index contributed by atoms with van der Waals surface area (Å²) in [6.07, 6.45) is 0.537. The molecule has 1 aliphatic heterocycles. The van der Waals surface area contributed by atoms with Gasteiger partial charge in [0.2, 0.25) is 0 Å². The van der Waals surface area contributed by atoms with Crippen LogP contribution in [0.2, 0.25) is 0 Å². The molecular formula is C18H26O6. The van der Waals surface area contributed by atoms with Gasteiger partial charge in [-0.3, -0.25) is 9.59 Å². The third-order valence-electron chi connectivity index (χ3n) is 6.41. The predicted molar refractivity (Wildman–Crippen MR) is 83.7 cm³/mol. The number of carbonyl (C=O) groups is 3. The second kappa shape index (κ2) is 5.46. The Morgan fingerprint density at radius 1 is 1.33 bits per heavy atom. The number of hydrogen-bond donors (Lipinski definition) is 0. The molecule has 3 fully saturated rings.